The molecule has 0 radical (unpaired) electrons. The highest BCUT2D eigenvalue weighted by Gasteiger charge is 2.32. The van der Waals surface area contributed by atoms with Crippen molar-refractivity contribution in [2.24, 2.45) is 5.73 Å². The Morgan fingerprint density at radius 3 is 2.40 bits per heavy atom. The van der Waals surface area contributed by atoms with E-state index >= 15 is 0 Å². The van der Waals surface area contributed by atoms with E-state index in [0.29, 0.717) is 32.4 Å². The van der Waals surface area contributed by atoms with Gasteiger partial charge in [-0.3, -0.25) is 9.69 Å². The minimum absolute atomic E-state index is 0. The zero-order valence-corrected chi connectivity index (χ0v) is 12.4. The van der Waals surface area contributed by atoms with Crippen molar-refractivity contribution < 1.29 is 18.0 Å². The van der Waals surface area contributed by atoms with E-state index < -0.39 is 18.8 Å². The highest BCUT2D eigenvalue weighted by atomic mass is 35.5. The number of nitrogens with zero attached hydrogens (tertiary/aromatic N) is 1. The van der Waals surface area contributed by atoms with Gasteiger partial charge in [0.15, 0.2) is 0 Å². The van der Waals surface area contributed by atoms with E-state index in [1.54, 1.807) is 0 Å². The molecule has 0 aromatic heterocycles. The summed E-state index contributed by atoms with van der Waals surface area (Å²) < 4.78 is 36.6. The van der Waals surface area contributed by atoms with E-state index in [2.05, 4.69) is 5.32 Å². The third kappa shape index (κ3) is 7.31. The Balaban J connectivity index is 0.00000361. The number of rotatable bonds is 5. The topological polar surface area (TPSA) is 58.4 Å². The van der Waals surface area contributed by atoms with Gasteiger partial charge in [-0.15, -0.1) is 12.4 Å². The predicted molar refractivity (Wildman–Crippen MR) is 73.8 cm³/mol. The fourth-order valence-electron chi connectivity index (χ4n) is 2.24. The van der Waals surface area contributed by atoms with Gasteiger partial charge in [0.25, 0.3) is 0 Å². The predicted octanol–water partition coefficient (Wildman–Crippen LogP) is 1.68. The average Bonchev–Trinajstić information content (AvgIpc) is 2.30. The number of piperidine rings is 1. The molecule has 8 heteroatoms. The van der Waals surface area contributed by atoms with Crippen LogP contribution in [0.2, 0.25) is 0 Å². The summed E-state index contributed by atoms with van der Waals surface area (Å²) in [4.78, 5) is 13.1. The second-order valence-electron chi connectivity index (χ2n) is 5.07. The van der Waals surface area contributed by atoms with Crippen molar-refractivity contribution >= 4 is 18.3 Å². The van der Waals surface area contributed by atoms with E-state index in [1.807, 2.05) is 6.92 Å². The van der Waals surface area contributed by atoms with Crippen LogP contribution in [0.5, 0.6) is 0 Å². The zero-order valence-electron chi connectivity index (χ0n) is 11.6. The summed E-state index contributed by atoms with van der Waals surface area (Å²) in [5.74, 6) is -0.198. The van der Waals surface area contributed by atoms with Crippen molar-refractivity contribution in [1.82, 2.24) is 10.2 Å². The van der Waals surface area contributed by atoms with Crippen molar-refractivity contribution in [3.05, 3.63) is 0 Å². The Bertz CT molecular complexity index is 294. The minimum Gasteiger partial charge on any atom is -0.352 e. The molecule has 1 amide bonds. The number of likely N-dealkylation sites (tertiary alicyclic amines) is 1. The number of alkyl halides is 3. The molecule has 20 heavy (non-hydrogen) atoms. The van der Waals surface area contributed by atoms with Gasteiger partial charge in [-0.25, -0.2) is 0 Å². The van der Waals surface area contributed by atoms with Gasteiger partial charge in [-0.05, 0) is 19.3 Å². The van der Waals surface area contributed by atoms with Gasteiger partial charge in [0.05, 0.1) is 12.6 Å². The van der Waals surface area contributed by atoms with Crippen molar-refractivity contribution in [1.29, 1.82) is 0 Å². The standard InChI is InChI=1S/C12H22F3N3O.ClH/c1-2-3-10(16)11(19)17-9-4-6-18(7-5-9)8-12(13,14)15;/h9-10H,2-8,16H2,1H3,(H,17,19);1H. The van der Waals surface area contributed by atoms with Crippen LogP contribution in [0, 0.1) is 0 Å². The van der Waals surface area contributed by atoms with Crippen molar-refractivity contribution in [3.63, 3.8) is 0 Å². The number of nitrogens with two attached hydrogens (primary N) is 1. The molecule has 1 atom stereocenters. The average molecular weight is 318 g/mol. The number of amides is 1. The highest BCUT2D eigenvalue weighted by molar-refractivity contribution is 5.85. The first kappa shape index (κ1) is 19.5. The lowest BCUT2D eigenvalue weighted by atomic mass is 10.0. The lowest BCUT2D eigenvalue weighted by Crippen LogP contribution is -2.50. The first-order valence-corrected chi connectivity index (χ1v) is 6.67. The summed E-state index contributed by atoms with van der Waals surface area (Å²) in [5.41, 5.74) is 5.68. The smallest absolute Gasteiger partial charge is 0.352 e. The number of carbonyl (C=O) groups is 1. The second-order valence-corrected chi connectivity index (χ2v) is 5.07. The van der Waals surface area contributed by atoms with Crippen LogP contribution < -0.4 is 11.1 Å². The van der Waals surface area contributed by atoms with Gasteiger partial charge in [-0.2, -0.15) is 13.2 Å². The maximum Gasteiger partial charge on any atom is 0.401 e. The van der Waals surface area contributed by atoms with E-state index in [0.717, 1.165) is 6.42 Å². The van der Waals surface area contributed by atoms with Crippen LogP contribution in [0.15, 0.2) is 0 Å². The molecule has 1 unspecified atom stereocenters. The molecule has 1 aliphatic rings. The molecule has 1 fully saturated rings. The summed E-state index contributed by atoms with van der Waals surface area (Å²) >= 11 is 0. The SMILES string of the molecule is CCCC(N)C(=O)NC1CCN(CC(F)(F)F)CC1.Cl. The van der Waals surface area contributed by atoms with Crippen molar-refractivity contribution in [3.8, 4) is 0 Å². The van der Waals surface area contributed by atoms with Gasteiger partial charge in [0, 0.05) is 19.1 Å². The van der Waals surface area contributed by atoms with Gasteiger partial charge < -0.3 is 11.1 Å². The molecule has 1 aliphatic heterocycles. The van der Waals surface area contributed by atoms with E-state index in [1.165, 1.54) is 4.90 Å². The maximum atomic E-state index is 12.2. The highest BCUT2D eigenvalue weighted by Crippen LogP contribution is 2.19. The molecule has 4 nitrogen and oxygen atoms in total. The molecule has 120 valence electrons. The Kier molecular flexibility index (Phi) is 8.46. The first-order chi connectivity index (χ1) is 8.81. The molecule has 0 spiro atoms. The van der Waals surface area contributed by atoms with E-state index in [-0.39, 0.29) is 24.4 Å². The summed E-state index contributed by atoms with van der Waals surface area (Å²) in [6.07, 6.45) is -1.61. The third-order valence-electron chi connectivity index (χ3n) is 3.27. The fraction of sp³-hybridized carbons (Fsp3) is 0.917. The molecule has 1 saturated heterocycles. The van der Waals surface area contributed by atoms with Gasteiger partial charge >= 0.3 is 6.18 Å². The summed E-state index contributed by atoms with van der Waals surface area (Å²) in [5, 5.41) is 2.81. The number of carbonyl (C=O) groups excluding carboxylic acids is 1. The van der Waals surface area contributed by atoms with Gasteiger partial charge in [0.1, 0.15) is 0 Å². The zero-order chi connectivity index (χ0) is 14.5. The van der Waals surface area contributed by atoms with Crippen LogP contribution in [-0.2, 0) is 4.79 Å². The molecular formula is C12H23ClF3N3O. The molecule has 0 saturated carbocycles. The van der Waals surface area contributed by atoms with Crippen molar-refractivity contribution in [2.75, 3.05) is 19.6 Å². The molecular weight excluding hydrogens is 295 g/mol. The Morgan fingerprint density at radius 2 is 1.95 bits per heavy atom. The molecule has 1 rings (SSSR count). The van der Waals surface area contributed by atoms with Crippen LogP contribution in [0.25, 0.3) is 0 Å². The quantitative estimate of drug-likeness (QED) is 0.811. The maximum absolute atomic E-state index is 12.2. The molecule has 0 aromatic rings. The largest absolute Gasteiger partial charge is 0.401 e. The molecule has 0 aliphatic carbocycles. The molecule has 0 aromatic carbocycles. The lowest BCUT2D eigenvalue weighted by Gasteiger charge is -2.33. The van der Waals surface area contributed by atoms with Crippen LogP contribution in [-0.4, -0.2) is 48.7 Å². The summed E-state index contributed by atoms with van der Waals surface area (Å²) in [7, 11) is 0. The fourth-order valence-corrected chi connectivity index (χ4v) is 2.24. The van der Waals surface area contributed by atoms with Crippen LogP contribution in [0.1, 0.15) is 32.6 Å². The Morgan fingerprint density at radius 1 is 1.40 bits per heavy atom. The number of hydrogen-bond donors (Lipinski definition) is 2. The number of nitrogens with one attached hydrogen (secondary N) is 1. The monoisotopic (exact) mass is 317 g/mol. The minimum atomic E-state index is -4.15. The van der Waals surface area contributed by atoms with E-state index in [9.17, 15) is 18.0 Å². The molecule has 3 N–H and O–H groups in total. The third-order valence-corrected chi connectivity index (χ3v) is 3.27. The number of hydrogen-bond acceptors (Lipinski definition) is 3. The molecule has 1 heterocycles. The first-order valence-electron chi connectivity index (χ1n) is 6.67. The second kappa shape index (κ2) is 8.69. The normalized spacial score (nSPS) is 19.2. The Hall–Kier alpha value is -0.530. The molecule has 0 bridgehead atoms. The number of halogens is 4. The van der Waals surface area contributed by atoms with Gasteiger partial charge in [-0.1, -0.05) is 13.3 Å². The van der Waals surface area contributed by atoms with E-state index in [4.69, 9.17) is 5.73 Å². The van der Waals surface area contributed by atoms with Crippen LogP contribution in [0.4, 0.5) is 13.2 Å². The van der Waals surface area contributed by atoms with Crippen LogP contribution in [0.3, 0.4) is 0 Å². The Labute approximate surface area is 123 Å². The lowest BCUT2D eigenvalue weighted by molar-refractivity contribution is -0.148. The summed E-state index contributed by atoms with van der Waals surface area (Å²) in [6, 6.07) is -0.571. The van der Waals surface area contributed by atoms with Crippen LogP contribution >= 0.6 is 12.4 Å². The van der Waals surface area contributed by atoms with Crippen molar-refractivity contribution in [2.45, 2.75) is 50.9 Å². The van der Waals surface area contributed by atoms with Gasteiger partial charge in [0.2, 0.25) is 5.91 Å². The summed E-state index contributed by atoms with van der Waals surface area (Å²) in [6.45, 7) is 1.78.